The zero-order chi connectivity index (χ0) is 15.4. The highest BCUT2D eigenvalue weighted by atomic mass is 127. The highest BCUT2D eigenvalue weighted by molar-refractivity contribution is 14.0. The molecule has 23 heavy (non-hydrogen) atoms. The molecule has 1 aliphatic rings. The summed E-state index contributed by atoms with van der Waals surface area (Å²) in [6, 6.07) is 10.6. The normalized spacial score (nSPS) is 14.3. The van der Waals surface area contributed by atoms with Crippen LogP contribution in [-0.2, 0) is 19.4 Å². The molecule has 0 amide bonds. The van der Waals surface area contributed by atoms with Crippen molar-refractivity contribution >= 4 is 29.9 Å². The van der Waals surface area contributed by atoms with Crippen molar-refractivity contribution in [3.63, 3.8) is 0 Å². The van der Waals surface area contributed by atoms with Crippen LogP contribution in [0.2, 0.25) is 0 Å². The van der Waals surface area contributed by atoms with Gasteiger partial charge in [0.05, 0.1) is 6.54 Å². The molecule has 3 rings (SSSR count). The maximum atomic E-state index is 4.87. The number of aliphatic imine (C=N–C) groups is 1. The van der Waals surface area contributed by atoms with Gasteiger partial charge in [0.15, 0.2) is 5.96 Å². The summed E-state index contributed by atoms with van der Waals surface area (Å²) < 4.78 is 4.87. The predicted molar refractivity (Wildman–Crippen MR) is 102 cm³/mol. The van der Waals surface area contributed by atoms with Gasteiger partial charge in [0, 0.05) is 26.7 Å². The van der Waals surface area contributed by atoms with Crippen molar-refractivity contribution in [1.29, 1.82) is 0 Å². The summed E-state index contributed by atoms with van der Waals surface area (Å²) in [5.41, 5.74) is 3.87. The minimum atomic E-state index is 0. The molecule has 1 heterocycles. The van der Waals surface area contributed by atoms with E-state index in [1.807, 2.05) is 20.2 Å². The zero-order valence-electron chi connectivity index (χ0n) is 13.5. The van der Waals surface area contributed by atoms with Crippen molar-refractivity contribution in [1.82, 2.24) is 15.4 Å². The number of hydrogen-bond donors (Lipinski definition) is 1. The summed E-state index contributed by atoms with van der Waals surface area (Å²) in [7, 11) is 3.82. The number of rotatable bonds is 4. The number of nitrogens with one attached hydrogen (secondary N) is 1. The van der Waals surface area contributed by atoms with E-state index in [0.717, 1.165) is 31.0 Å². The van der Waals surface area contributed by atoms with E-state index in [9.17, 15) is 0 Å². The van der Waals surface area contributed by atoms with E-state index in [1.165, 1.54) is 11.1 Å². The first kappa shape index (κ1) is 17.8. The molecule has 124 valence electrons. The van der Waals surface area contributed by atoms with E-state index in [4.69, 9.17) is 4.52 Å². The molecule has 0 bridgehead atoms. The third-order valence-electron chi connectivity index (χ3n) is 4.15. The molecule has 5 nitrogen and oxygen atoms in total. The monoisotopic (exact) mass is 426 g/mol. The van der Waals surface area contributed by atoms with Gasteiger partial charge in [-0.3, -0.25) is 4.99 Å². The number of halogens is 1. The van der Waals surface area contributed by atoms with Gasteiger partial charge in [0.1, 0.15) is 12.0 Å². The van der Waals surface area contributed by atoms with Crippen LogP contribution in [-0.4, -0.2) is 36.7 Å². The fourth-order valence-corrected chi connectivity index (χ4v) is 3.05. The molecule has 0 saturated carbocycles. The molecule has 1 aliphatic carbocycles. The van der Waals surface area contributed by atoms with Gasteiger partial charge in [0.2, 0.25) is 0 Å². The molecule has 0 saturated heterocycles. The van der Waals surface area contributed by atoms with Crippen LogP contribution in [0, 0.1) is 5.92 Å². The van der Waals surface area contributed by atoms with Gasteiger partial charge in [-0.1, -0.05) is 29.4 Å². The van der Waals surface area contributed by atoms with Crippen molar-refractivity contribution in [2.45, 2.75) is 19.4 Å². The van der Waals surface area contributed by atoms with Crippen molar-refractivity contribution in [2.75, 3.05) is 20.6 Å². The third kappa shape index (κ3) is 4.46. The van der Waals surface area contributed by atoms with Crippen molar-refractivity contribution in [2.24, 2.45) is 10.9 Å². The van der Waals surface area contributed by atoms with Gasteiger partial charge in [-0.15, -0.1) is 24.0 Å². The second kappa shape index (κ2) is 8.33. The highest BCUT2D eigenvalue weighted by Gasteiger charge is 2.21. The van der Waals surface area contributed by atoms with Gasteiger partial charge < -0.3 is 14.7 Å². The summed E-state index contributed by atoms with van der Waals surface area (Å²) in [5.74, 6) is 1.52. The first-order valence-corrected chi connectivity index (χ1v) is 7.64. The van der Waals surface area contributed by atoms with Crippen molar-refractivity contribution in [3.8, 4) is 0 Å². The molecule has 0 spiro atoms. The Labute approximate surface area is 154 Å². The average Bonchev–Trinajstić information content (AvgIpc) is 3.16. The van der Waals surface area contributed by atoms with E-state index >= 15 is 0 Å². The van der Waals surface area contributed by atoms with Gasteiger partial charge in [-0.05, 0) is 29.9 Å². The molecular formula is C17H23IN4O. The third-order valence-corrected chi connectivity index (χ3v) is 4.15. The van der Waals surface area contributed by atoms with Gasteiger partial charge in [-0.25, -0.2) is 0 Å². The standard InChI is InChI=1S/C17H22N4O.HI/c1-18-17(21(2)12-16-7-8-22-20-16)19-11-13-9-14-5-3-4-6-15(14)10-13;/h3-8,13H,9-12H2,1-2H3,(H,18,19);1H. The lowest BCUT2D eigenvalue weighted by Gasteiger charge is -2.22. The van der Waals surface area contributed by atoms with Gasteiger partial charge in [0.25, 0.3) is 0 Å². The Morgan fingerprint density at radius 1 is 1.30 bits per heavy atom. The molecular weight excluding hydrogens is 403 g/mol. The van der Waals surface area contributed by atoms with E-state index in [1.54, 1.807) is 6.26 Å². The van der Waals surface area contributed by atoms with Crippen molar-refractivity contribution in [3.05, 3.63) is 53.4 Å². The van der Waals surface area contributed by atoms with Crippen molar-refractivity contribution < 1.29 is 4.52 Å². The van der Waals surface area contributed by atoms with Gasteiger partial charge >= 0.3 is 0 Å². The first-order valence-electron chi connectivity index (χ1n) is 7.64. The summed E-state index contributed by atoms with van der Waals surface area (Å²) in [6.07, 6.45) is 3.88. The number of fused-ring (bicyclic) bond motifs is 1. The Morgan fingerprint density at radius 2 is 2.00 bits per heavy atom. The van der Waals surface area contributed by atoms with E-state index in [0.29, 0.717) is 12.5 Å². The number of guanidine groups is 1. The Balaban J connectivity index is 0.00000192. The number of aromatic nitrogens is 1. The SMILES string of the molecule is CN=C(NCC1Cc2ccccc2C1)N(C)Cc1ccon1.I. The van der Waals surface area contributed by atoms with Crippen LogP contribution in [0.1, 0.15) is 16.8 Å². The second-order valence-electron chi connectivity index (χ2n) is 5.82. The Morgan fingerprint density at radius 3 is 2.57 bits per heavy atom. The fraction of sp³-hybridized carbons (Fsp3) is 0.412. The largest absolute Gasteiger partial charge is 0.364 e. The molecule has 2 aromatic rings. The summed E-state index contributed by atoms with van der Waals surface area (Å²) >= 11 is 0. The molecule has 6 heteroatoms. The maximum absolute atomic E-state index is 4.87. The van der Waals surface area contributed by atoms with Crippen LogP contribution in [0.5, 0.6) is 0 Å². The number of nitrogens with zero attached hydrogens (tertiary/aromatic N) is 3. The summed E-state index contributed by atoms with van der Waals surface area (Å²) in [4.78, 5) is 6.41. The van der Waals surface area contributed by atoms with E-state index in [2.05, 4.69) is 44.6 Å². The predicted octanol–water partition coefficient (Wildman–Crippen LogP) is 2.71. The molecule has 0 unspecified atom stereocenters. The minimum absolute atomic E-state index is 0. The highest BCUT2D eigenvalue weighted by Crippen LogP contribution is 2.25. The second-order valence-corrected chi connectivity index (χ2v) is 5.82. The average molecular weight is 426 g/mol. The quantitative estimate of drug-likeness (QED) is 0.464. The topological polar surface area (TPSA) is 53.7 Å². The lowest BCUT2D eigenvalue weighted by Crippen LogP contribution is -2.40. The molecule has 0 atom stereocenters. The molecule has 0 aliphatic heterocycles. The maximum Gasteiger partial charge on any atom is 0.193 e. The smallest absolute Gasteiger partial charge is 0.193 e. The lowest BCUT2D eigenvalue weighted by molar-refractivity contribution is 0.389. The van der Waals surface area contributed by atoms with Crippen LogP contribution < -0.4 is 5.32 Å². The zero-order valence-corrected chi connectivity index (χ0v) is 15.9. The minimum Gasteiger partial charge on any atom is -0.364 e. The molecule has 0 fully saturated rings. The van der Waals surface area contributed by atoms with E-state index in [-0.39, 0.29) is 24.0 Å². The summed E-state index contributed by atoms with van der Waals surface area (Å²) in [5, 5.41) is 7.41. The Bertz CT molecular complexity index is 617. The van der Waals surface area contributed by atoms with Crippen LogP contribution in [0.25, 0.3) is 0 Å². The number of benzene rings is 1. The number of hydrogen-bond acceptors (Lipinski definition) is 3. The van der Waals surface area contributed by atoms with Crippen LogP contribution in [0.3, 0.4) is 0 Å². The summed E-state index contributed by atoms with van der Waals surface area (Å²) in [6.45, 7) is 1.62. The fourth-order valence-electron chi connectivity index (χ4n) is 3.05. The van der Waals surface area contributed by atoms with Crippen LogP contribution >= 0.6 is 24.0 Å². The van der Waals surface area contributed by atoms with Crippen LogP contribution in [0.15, 0.2) is 46.1 Å². The van der Waals surface area contributed by atoms with Crippen LogP contribution in [0.4, 0.5) is 0 Å². The molecule has 0 radical (unpaired) electrons. The molecule has 1 N–H and O–H groups in total. The molecule has 1 aromatic heterocycles. The Hall–Kier alpha value is -1.57. The van der Waals surface area contributed by atoms with Gasteiger partial charge in [-0.2, -0.15) is 0 Å². The van der Waals surface area contributed by atoms with E-state index < -0.39 is 0 Å². The Kier molecular flexibility index (Phi) is 6.44. The first-order chi connectivity index (χ1) is 10.8. The molecule has 1 aromatic carbocycles. The lowest BCUT2D eigenvalue weighted by atomic mass is 10.1.